The molecule has 0 spiro atoms. The molecule has 4 nitrogen and oxygen atoms in total. The Morgan fingerprint density at radius 1 is 1.26 bits per heavy atom. The summed E-state index contributed by atoms with van der Waals surface area (Å²) >= 11 is 4.98. The minimum Gasteiger partial charge on any atom is -0.506 e. The lowest BCUT2D eigenvalue weighted by molar-refractivity contribution is 0.483. The molecule has 0 radical (unpaired) electrons. The molecule has 2 aromatic carbocycles. The molecule has 0 saturated heterocycles. The van der Waals surface area contributed by atoms with Crippen LogP contribution < -0.4 is 0 Å². The number of nitrogens with zero attached hydrogens (tertiary/aromatic N) is 3. The normalized spacial score (nSPS) is 11.9. The average molecular weight is 386 g/mol. The Morgan fingerprint density at radius 3 is 2.91 bits per heavy atom. The highest BCUT2D eigenvalue weighted by atomic mass is 79.9. The van der Waals surface area contributed by atoms with E-state index in [9.17, 15) is 5.11 Å². The number of halogens is 1. The van der Waals surface area contributed by atoms with E-state index in [1.54, 1.807) is 6.21 Å². The van der Waals surface area contributed by atoms with Gasteiger partial charge < -0.3 is 9.67 Å². The van der Waals surface area contributed by atoms with E-state index >= 15 is 0 Å². The van der Waals surface area contributed by atoms with Gasteiger partial charge in [0, 0.05) is 21.6 Å². The Hall–Kier alpha value is -2.18. The fourth-order valence-corrected chi connectivity index (χ4v) is 3.84. The number of aryl methyl sites for hydroxylation is 1. The van der Waals surface area contributed by atoms with Gasteiger partial charge in [-0.15, -0.1) is 11.3 Å². The predicted octanol–water partition coefficient (Wildman–Crippen LogP) is 5.01. The zero-order valence-electron chi connectivity index (χ0n) is 12.2. The summed E-state index contributed by atoms with van der Waals surface area (Å²) in [6.45, 7) is 0. The standard InChI is InChI=1S/C17H12BrN3OS/c1-21-13-8-10(18)6-7-12(13)20-17(21)19-9-15-16(22)11-4-2-3-5-14(11)23-15/h2-9,22H,1H3. The summed E-state index contributed by atoms with van der Waals surface area (Å²) in [5.74, 6) is 0.880. The SMILES string of the molecule is Cn1c(N=Cc2sc3ccccc3c2O)nc2ccc(Br)cc21. The lowest BCUT2D eigenvalue weighted by Crippen LogP contribution is -1.87. The van der Waals surface area contributed by atoms with Crippen molar-refractivity contribution in [3.05, 3.63) is 51.8 Å². The van der Waals surface area contributed by atoms with Crippen LogP contribution >= 0.6 is 27.3 Å². The maximum atomic E-state index is 10.3. The van der Waals surface area contributed by atoms with Crippen molar-refractivity contribution >= 4 is 60.5 Å². The van der Waals surface area contributed by atoms with Gasteiger partial charge in [-0.1, -0.05) is 28.1 Å². The van der Waals surface area contributed by atoms with Crippen LogP contribution in [0.25, 0.3) is 21.1 Å². The minimum atomic E-state index is 0.274. The van der Waals surface area contributed by atoms with Crippen LogP contribution in [0.1, 0.15) is 4.88 Å². The van der Waals surface area contributed by atoms with Crippen LogP contribution in [-0.4, -0.2) is 20.9 Å². The summed E-state index contributed by atoms with van der Waals surface area (Å²) < 4.78 is 3.98. The van der Waals surface area contributed by atoms with Crippen LogP contribution in [0.5, 0.6) is 5.75 Å². The van der Waals surface area contributed by atoms with Crippen molar-refractivity contribution in [2.24, 2.45) is 12.0 Å². The van der Waals surface area contributed by atoms with E-state index in [0.717, 1.165) is 30.5 Å². The maximum absolute atomic E-state index is 10.3. The number of hydrogen-bond acceptors (Lipinski definition) is 4. The Balaban J connectivity index is 1.78. The number of fused-ring (bicyclic) bond motifs is 2. The molecule has 0 aliphatic carbocycles. The monoisotopic (exact) mass is 385 g/mol. The highest BCUT2D eigenvalue weighted by molar-refractivity contribution is 9.10. The first kappa shape index (κ1) is 14.4. The number of aliphatic imine (C=N–C) groups is 1. The van der Waals surface area contributed by atoms with Gasteiger partial charge in [0.05, 0.1) is 22.1 Å². The first-order valence-electron chi connectivity index (χ1n) is 7.00. The first-order valence-corrected chi connectivity index (χ1v) is 8.61. The Morgan fingerprint density at radius 2 is 2.09 bits per heavy atom. The number of aromatic hydroxyl groups is 1. The molecule has 0 aliphatic rings. The van der Waals surface area contributed by atoms with E-state index in [1.807, 2.05) is 54.1 Å². The van der Waals surface area contributed by atoms with Crippen molar-refractivity contribution in [2.75, 3.05) is 0 Å². The summed E-state index contributed by atoms with van der Waals surface area (Å²) in [5, 5.41) is 11.2. The quantitative estimate of drug-likeness (QED) is 0.493. The third-order valence-corrected chi connectivity index (χ3v) is 5.30. The highest BCUT2D eigenvalue weighted by Crippen LogP contribution is 2.35. The largest absolute Gasteiger partial charge is 0.506 e. The fraction of sp³-hybridized carbons (Fsp3) is 0.0588. The molecule has 2 heterocycles. The Labute approximate surface area is 144 Å². The van der Waals surface area contributed by atoms with Crippen LogP contribution in [0.4, 0.5) is 5.95 Å². The highest BCUT2D eigenvalue weighted by Gasteiger charge is 2.10. The molecule has 2 aromatic heterocycles. The Bertz CT molecular complexity index is 1060. The van der Waals surface area contributed by atoms with Gasteiger partial charge in [-0.25, -0.2) is 9.98 Å². The van der Waals surface area contributed by atoms with Gasteiger partial charge >= 0.3 is 0 Å². The van der Waals surface area contributed by atoms with Gasteiger partial charge in [-0.3, -0.25) is 0 Å². The predicted molar refractivity (Wildman–Crippen MR) is 99.2 cm³/mol. The molecule has 0 unspecified atom stereocenters. The van der Waals surface area contributed by atoms with Gasteiger partial charge in [0.25, 0.3) is 0 Å². The van der Waals surface area contributed by atoms with Crippen LogP contribution in [0.3, 0.4) is 0 Å². The molecule has 23 heavy (non-hydrogen) atoms. The molecule has 4 aromatic rings. The molecule has 4 rings (SSSR count). The topological polar surface area (TPSA) is 50.4 Å². The fourth-order valence-electron chi connectivity index (χ4n) is 2.52. The summed E-state index contributed by atoms with van der Waals surface area (Å²) in [5.41, 5.74) is 1.90. The maximum Gasteiger partial charge on any atom is 0.230 e. The molecule has 1 N–H and O–H groups in total. The summed E-state index contributed by atoms with van der Waals surface area (Å²) in [6, 6.07) is 13.7. The summed E-state index contributed by atoms with van der Waals surface area (Å²) in [4.78, 5) is 9.72. The second kappa shape index (κ2) is 5.47. The summed E-state index contributed by atoms with van der Waals surface area (Å²) in [6.07, 6.45) is 1.68. The second-order valence-corrected chi connectivity index (χ2v) is 7.17. The number of imidazole rings is 1. The molecule has 0 aliphatic heterocycles. The van der Waals surface area contributed by atoms with Crippen molar-refractivity contribution in [1.29, 1.82) is 0 Å². The van der Waals surface area contributed by atoms with Crippen molar-refractivity contribution in [2.45, 2.75) is 0 Å². The van der Waals surface area contributed by atoms with E-state index in [0.29, 0.717) is 5.95 Å². The molecule has 0 atom stereocenters. The lowest BCUT2D eigenvalue weighted by Gasteiger charge is -1.96. The third kappa shape index (κ3) is 2.44. The van der Waals surface area contributed by atoms with Crippen LogP contribution in [0, 0.1) is 0 Å². The smallest absolute Gasteiger partial charge is 0.230 e. The Kier molecular flexibility index (Phi) is 3.43. The molecular formula is C17H12BrN3OS. The third-order valence-electron chi connectivity index (χ3n) is 3.71. The number of thiophene rings is 1. The van der Waals surface area contributed by atoms with Crippen molar-refractivity contribution in [3.63, 3.8) is 0 Å². The van der Waals surface area contributed by atoms with Gasteiger partial charge in [0.15, 0.2) is 0 Å². The van der Waals surface area contributed by atoms with Gasteiger partial charge in [0.1, 0.15) is 5.75 Å². The lowest BCUT2D eigenvalue weighted by atomic mass is 10.2. The zero-order chi connectivity index (χ0) is 16.0. The molecule has 0 saturated carbocycles. The summed E-state index contributed by atoms with van der Waals surface area (Å²) in [7, 11) is 1.93. The van der Waals surface area contributed by atoms with Crippen LogP contribution in [0.15, 0.2) is 51.9 Å². The molecular weight excluding hydrogens is 374 g/mol. The van der Waals surface area contributed by atoms with Crippen molar-refractivity contribution in [3.8, 4) is 5.75 Å². The van der Waals surface area contributed by atoms with Gasteiger partial charge in [-0.2, -0.15) is 0 Å². The van der Waals surface area contributed by atoms with Crippen LogP contribution in [0.2, 0.25) is 0 Å². The zero-order valence-corrected chi connectivity index (χ0v) is 14.6. The van der Waals surface area contributed by atoms with Crippen molar-refractivity contribution in [1.82, 2.24) is 9.55 Å². The van der Waals surface area contributed by atoms with Gasteiger partial charge in [-0.05, 0) is 30.3 Å². The molecule has 0 fully saturated rings. The first-order chi connectivity index (χ1) is 11.1. The van der Waals surface area contributed by atoms with Crippen molar-refractivity contribution < 1.29 is 5.11 Å². The average Bonchev–Trinajstić information content (AvgIpc) is 3.04. The number of hydrogen-bond donors (Lipinski definition) is 1. The minimum absolute atomic E-state index is 0.274. The number of aromatic nitrogens is 2. The van der Waals surface area contributed by atoms with E-state index in [-0.39, 0.29) is 5.75 Å². The molecule has 0 bridgehead atoms. The molecule has 0 amide bonds. The van der Waals surface area contributed by atoms with Gasteiger partial charge in [0.2, 0.25) is 5.95 Å². The van der Waals surface area contributed by atoms with Crippen LogP contribution in [-0.2, 0) is 7.05 Å². The molecule has 114 valence electrons. The van der Waals surface area contributed by atoms with E-state index in [2.05, 4.69) is 25.9 Å². The van der Waals surface area contributed by atoms with E-state index in [4.69, 9.17) is 0 Å². The second-order valence-electron chi connectivity index (χ2n) is 5.17. The van der Waals surface area contributed by atoms with E-state index < -0.39 is 0 Å². The molecule has 6 heteroatoms. The number of rotatable bonds is 2. The number of benzene rings is 2. The van der Waals surface area contributed by atoms with E-state index in [1.165, 1.54) is 11.3 Å².